The summed E-state index contributed by atoms with van der Waals surface area (Å²) in [4.78, 5) is 31.8. The quantitative estimate of drug-likeness (QED) is 0.479. The monoisotopic (exact) mass is 445 g/mol. The van der Waals surface area contributed by atoms with E-state index < -0.39 is 0 Å². The summed E-state index contributed by atoms with van der Waals surface area (Å²) in [6.45, 7) is 6.47. The van der Waals surface area contributed by atoms with E-state index in [-0.39, 0.29) is 11.7 Å². The molecule has 1 aliphatic rings. The van der Waals surface area contributed by atoms with Gasteiger partial charge in [-0.1, -0.05) is 24.3 Å². The van der Waals surface area contributed by atoms with Crippen LogP contribution in [0.5, 0.6) is 0 Å². The second-order valence-corrected chi connectivity index (χ2v) is 8.63. The lowest BCUT2D eigenvalue weighted by Crippen LogP contribution is -2.49. The standard InChI is InChI=1S/C23H23N7OS/c1-16-15-20(25-17(2)24-16)28-10-12-29(13-11-28)23(31)21-26-22(19-9-6-14-32-19)30(27-21)18-7-4-3-5-8-18/h3-9,14-15H,10-13H2,1-2H3. The third-order valence-corrected chi connectivity index (χ3v) is 6.25. The Morgan fingerprint density at radius 3 is 2.41 bits per heavy atom. The minimum absolute atomic E-state index is 0.146. The van der Waals surface area contributed by atoms with Crippen molar-refractivity contribution in [3.63, 3.8) is 0 Å². The predicted octanol–water partition coefficient (Wildman–Crippen LogP) is 3.37. The van der Waals surface area contributed by atoms with Crippen molar-refractivity contribution in [2.75, 3.05) is 31.1 Å². The Bertz CT molecular complexity index is 1210. The summed E-state index contributed by atoms with van der Waals surface area (Å²) in [5.74, 6) is 2.43. The molecule has 162 valence electrons. The van der Waals surface area contributed by atoms with Crippen molar-refractivity contribution in [3.05, 3.63) is 71.3 Å². The summed E-state index contributed by atoms with van der Waals surface area (Å²) < 4.78 is 1.75. The third-order valence-electron chi connectivity index (χ3n) is 5.38. The minimum atomic E-state index is -0.146. The van der Waals surface area contributed by atoms with Crippen LogP contribution in [0.4, 0.5) is 5.82 Å². The number of carbonyl (C=O) groups excluding carboxylic acids is 1. The molecule has 0 aliphatic carbocycles. The molecule has 1 fully saturated rings. The van der Waals surface area contributed by atoms with Crippen LogP contribution in [0, 0.1) is 13.8 Å². The fourth-order valence-electron chi connectivity index (χ4n) is 3.86. The molecule has 0 saturated carbocycles. The zero-order valence-electron chi connectivity index (χ0n) is 18.0. The Labute approximate surface area is 190 Å². The minimum Gasteiger partial charge on any atom is -0.353 e. The number of benzene rings is 1. The lowest BCUT2D eigenvalue weighted by Gasteiger charge is -2.35. The summed E-state index contributed by atoms with van der Waals surface area (Å²) in [5.41, 5.74) is 1.82. The first kappa shape index (κ1) is 20.3. The molecule has 0 spiro atoms. The van der Waals surface area contributed by atoms with Crippen LogP contribution in [0.15, 0.2) is 53.9 Å². The average Bonchev–Trinajstić information content (AvgIpc) is 3.49. The van der Waals surface area contributed by atoms with E-state index in [2.05, 4.69) is 25.0 Å². The topological polar surface area (TPSA) is 80.0 Å². The highest BCUT2D eigenvalue weighted by molar-refractivity contribution is 7.13. The van der Waals surface area contributed by atoms with Gasteiger partial charge < -0.3 is 9.80 Å². The van der Waals surface area contributed by atoms with Gasteiger partial charge in [-0.25, -0.2) is 19.6 Å². The lowest BCUT2D eigenvalue weighted by atomic mass is 10.3. The second kappa shape index (κ2) is 8.51. The van der Waals surface area contributed by atoms with E-state index in [0.717, 1.165) is 27.9 Å². The number of anilines is 1. The van der Waals surface area contributed by atoms with Crippen molar-refractivity contribution >= 4 is 23.1 Å². The van der Waals surface area contributed by atoms with Crippen LogP contribution in [0.25, 0.3) is 16.4 Å². The SMILES string of the molecule is Cc1cc(N2CCN(C(=O)c3nc(-c4cccs4)n(-c4ccccc4)n3)CC2)nc(C)n1. The molecule has 4 aromatic rings. The molecule has 5 rings (SSSR count). The predicted molar refractivity (Wildman–Crippen MR) is 124 cm³/mol. The van der Waals surface area contributed by atoms with Crippen molar-refractivity contribution < 1.29 is 4.79 Å². The van der Waals surface area contributed by atoms with E-state index in [1.165, 1.54) is 0 Å². The van der Waals surface area contributed by atoms with Gasteiger partial charge in [-0.3, -0.25) is 4.79 Å². The number of hydrogen-bond acceptors (Lipinski definition) is 7. The summed E-state index contributed by atoms with van der Waals surface area (Å²) in [6.07, 6.45) is 0. The zero-order chi connectivity index (χ0) is 22.1. The number of para-hydroxylation sites is 1. The van der Waals surface area contributed by atoms with Gasteiger partial charge in [0, 0.05) is 37.9 Å². The van der Waals surface area contributed by atoms with E-state index in [1.807, 2.05) is 72.7 Å². The summed E-state index contributed by atoms with van der Waals surface area (Å²) in [7, 11) is 0. The van der Waals surface area contributed by atoms with Crippen molar-refractivity contribution in [2.24, 2.45) is 0 Å². The molecule has 8 nitrogen and oxygen atoms in total. The van der Waals surface area contributed by atoms with Crippen LogP contribution in [0.3, 0.4) is 0 Å². The number of nitrogens with zero attached hydrogens (tertiary/aromatic N) is 7. The van der Waals surface area contributed by atoms with E-state index in [0.29, 0.717) is 32.0 Å². The van der Waals surface area contributed by atoms with Crippen molar-refractivity contribution in [1.29, 1.82) is 0 Å². The van der Waals surface area contributed by atoms with Crippen LogP contribution in [-0.2, 0) is 0 Å². The molecular weight excluding hydrogens is 422 g/mol. The maximum Gasteiger partial charge on any atom is 0.293 e. The molecule has 0 atom stereocenters. The number of aryl methyl sites for hydroxylation is 2. The number of aromatic nitrogens is 5. The first-order valence-electron chi connectivity index (χ1n) is 10.5. The molecule has 4 heterocycles. The van der Waals surface area contributed by atoms with Gasteiger partial charge in [0.05, 0.1) is 10.6 Å². The second-order valence-electron chi connectivity index (χ2n) is 7.68. The van der Waals surface area contributed by atoms with Gasteiger partial charge in [0.25, 0.3) is 5.91 Å². The molecule has 0 unspecified atom stereocenters. The normalized spacial score (nSPS) is 14.1. The highest BCUT2D eigenvalue weighted by Gasteiger charge is 2.27. The molecule has 1 amide bonds. The highest BCUT2D eigenvalue weighted by Crippen LogP contribution is 2.26. The Balaban J connectivity index is 1.37. The first-order chi connectivity index (χ1) is 15.6. The smallest absolute Gasteiger partial charge is 0.293 e. The Hall–Kier alpha value is -3.59. The van der Waals surface area contributed by atoms with Gasteiger partial charge in [0.2, 0.25) is 5.82 Å². The molecule has 3 aromatic heterocycles. The third kappa shape index (κ3) is 3.99. The maximum absolute atomic E-state index is 13.3. The van der Waals surface area contributed by atoms with E-state index in [9.17, 15) is 4.79 Å². The fourth-order valence-corrected chi connectivity index (χ4v) is 4.56. The zero-order valence-corrected chi connectivity index (χ0v) is 18.8. The van der Waals surface area contributed by atoms with Gasteiger partial charge >= 0.3 is 0 Å². The maximum atomic E-state index is 13.3. The van der Waals surface area contributed by atoms with Gasteiger partial charge in [0.15, 0.2) is 5.82 Å². The van der Waals surface area contributed by atoms with Gasteiger partial charge in [0.1, 0.15) is 11.6 Å². The van der Waals surface area contributed by atoms with Crippen LogP contribution in [-0.4, -0.2) is 61.7 Å². The van der Waals surface area contributed by atoms with Crippen molar-refractivity contribution in [1.82, 2.24) is 29.6 Å². The molecule has 1 aliphatic heterocycles. The van der Waals surface area contributed by atoms with Crippen LogP contribution in [0.2, 0.25) is 0 Å². The average molecular weight is 446 g/mol. The molecule has 1 aromatic carbocycles. The van der Waals surface area contributed by atoms with Crippen LogP contribution in [0.1, 0.15) is 22.1 Å². The van der Waals surface area contributed by atoms with Crippen molar-refractivity contribution in [3.8, 4) is 16.4 Å². The van der Waals surface area contributed by atoms with Gasteiger partial charge in [-0.15, -0.1) is 16.4 Å². The summed E-state index contributed by atoms with van der Waals surface area (Å²) in [6, 6.07) is 15.7. The fraction of sp³-hybridized carbons (Fsp3) is 0.261. The van der Waals surface area contributed by atoms with E-state index in [4.69, 9.17) is 0 Å². The molecule has 1 saturated heterocycles. The molecule has 0 radical (unpaired) electrons. The van der Waals surface area contributed by atoms with Crippen molar-refractivity contribution in [2.45, 2.75) is 13.8 Å². The Morgan fingerprint density at radius 2 is 1.72 bits per heavy atom. The number of amides is 1. The number of piperazine rings is 1. The van der Waals surface area contributed by atoms with Gasteiger partial charge in [-0.2, -0.15) is 0 Å². The van der Waals surface area contributed by atoms with Crippen LogP contribution < -0.4 is 4.90 Å². The number of rotatable bonds is 4. The highest BCUT2D eigenvalue weighted by atomic mass is 32.1. The number of hydrogen-bond donors (Lipinski definition) is 0. The first-order valence-corrected chi connectivity index (χ1v) is 11.4. The molecule has 0 bridgehead atoms. The number of carbonyl (C=O) groups is 1. The largest absolute Gasteiger partial charge is 0.353 e. The van der Waals surface area contributed by atoms with Gasteiger partial charge in [-0.05, 0) is 37.4 Å². The Morgan fingerprint density at radius 1 is 0.938 bits per heavy atom. The molecule has 0 N–H and O–H groups in total. The molecule has 9 heteroatoms. The van der Waals surface area contributed by atoms with E-state index >= 15 is 0 Å². The lowest BCUT2D eigenvalue weighted by molar-refractivity contribution is 0.0734. The van der Waals surface area contributed by atoms with E-state index in [1.54, 1.807) is 16.0 Å². The molecule has 32 heavy (non-hydrogen) atoms. The van der Waals surface area contributed by atoms with Crippen LogP contribution >= 0.6 is 11.3 Å². The summed E-state index contributed by atoms with van der Waals surface area (Å²) in [5, 5.41) is 6.60. The summed E-state index contributed by atoms with van der Waals surface area (Å²) >= 11 is 1.58. The number of thiophene rings is 1. The molecular formula is C23H23N7OS. The Kier molecular flexibility index (Phi) is 5.40.